The van der Waals surface area contributed by atoms with Crippen LogP contribution in [0.15, 0.2) is 36.4 Å². The van der Waals surface area contributed by atoms with E-state index in [4.69, 9.17) is 32.2 Å². The van der Waals surface area contributed by atoms with Gasteiger partial charge in [-0.2, -0.15) is 0 Å². The highest BCUT2D eigenvalue weighted by molar-refractivity contribution is 7.80. The maximum atomic E-state index is 5.72. The van der Waals surface area contributed by atoms with Gasteiger partial charge >= 0.3 is 0 Å². The summed E-state index contributed by atoms with van der Waals surface area (Å²) in [6, 6.07) is 10.8. The number of thiocarbonyl (C=S) groups is 1. The van der Waals surface area contributed by atoms with Gasteiger partial charge in [0.05, 0.1) is 19.9 Å². The predicted octanol–water partition coefficient (Wildman–Crippen LogP) is 2.31. The number of nitrogens with zero attached hydrogens (tertiary/aromatic N) is 1. The number of aromatic nitrogens is 1. The molecule has 2 N–H and O–H groups in total. The third-order valence-corrected chi connectivity index (χ3v) is 3.05. The van der Waals surface area contributed by atoms with Gasteiger partial charge in [-0.15, -0.1) is 0 Å². The predicted molar refractivity (Wildman–Crippen MR) is 84.0 cm³/mol. The molecular formula is C15H16N2O3S. The quantitative estimate of drug-likeness (QED) is 0.826. The minimum absolute atomic E-state index is 0.306. The number of pyridine rings is 1. The molecule has 2 aromatic rings. The summed E-state index contributed by atoms with van der Waals surface area (Å²) >= 11 is 4.94. The Morgan fingerprint density at radius 1 is 1.14 bits per heavy atom. The van der Waals surface area contributed by atoms with Gasteiger partial charge in [0.25, 0.3) is 0 Å². The van der Waals surface area contributed by atoms with Gasteiger partial charge in [-0.25, -0.2) is 4.98 Å². The van der Waals surface area contributed by atoms with Crippen molar-refractivity contribution in [2.75, 3.05) is 14.2 Å². The minimum Gasteiger partial charge on any atom is -0.493 e. The van der Waals surface area contributed by atoms with Gasteiger partial charge in [-0.1, -0.05) is 18.3 Å². The van der Waals surface area contributed by atoms with Crippen LogP contribution in [-0.2, 0) is 6.61 Å². The Kier molecular flexibility index (Phi) is 4.94. The van der Waals surface area contributed by atoms with E-state index in [1.165, 1.54) is 0 Å². The van der Waals surface area contributed by atoms with Crippen LogP contribution < -0.4 is 19.9 Å². The van der Waals surface area contributed by atoms with Crippen molar-refractivity contribution in [1.82, 2.24) is 4.98 Å². The molecule has 0 fully saturated rings. The molecule has 21 heavy (non-hydrogen) atoms. The van der Waals surface area contributed by atoms with E-state index < -0.39 is 0 Å². The topological polar surface area (TPSA) is 66.6 Å². The van der Waals surface area contributed by atoms with Crippen molar-refractivity contribution >= 4 is 17.2 Å². The number of methoxy groups -OCH3 is 2. The summed E-state index contributed by atoms with van der Waals surface area (Å²) in [6.07, 6.45) is 0. The Bertz CT molecular complexity index is 647. The molecule has 1 aromatic carbocycles. The molecule has 0 radical (unpaired) electrons. The number of benzene rings is 1. The summed E-state index contributed by atoms with van der Waals surface area (Å²) < 4.78 is 16.1. The van der Waals surface area contributed by atoms with Crippen LogP contribution in [0.5, 0.6) is 17.4 Å². The first-order chi connectivity index (χ1) is 10.1. The highest BCUT2D eigenvalue weighted by Gasteiger charge is 2.08. The number of hydrogen-bond acceptors (Lipinski definition) is 5. The van der Waals surface area contributed by atoms with Gasteiger partial charge in [0, 0.05) is 11.6 Å². The fourth-order valence-corrected chi connectivity index (χ4v) is 1.87. The zero-order chi connectivity index (χ0) is 15.2. The van der Waals surface area contributed by atoms with Gasteiger partial charge in [0.15, 0.2) is 11.5 Å². The van der Waals surface area contributed by atoms with Crippen LogP contribution in [0.3, 0.4) is 0 Å². The van der Waals surface area contributed by atoms with Crippen molar-refractivity contribution in [3.8, 4) is 17.4 Å². The zero-order valence-electron chi connectivity index (χ0n) is 11.8. The van der Waals surface area contributed by atoms with Crippen molar-refractivity contribution in [3.05, 3.63) is 47.7 Å². The van der Waals surface area contributed by atoms with Crippen molar-refractivity contribution in [3.63, 3.8) is 0 Å². The monoisotopic (exact) mass is 304 g/mol. The van der Waals surface area contributed by atoms with Crippen molar-refractivity contribution in [2.24, 2.45) is 5.73 Å². The second-order valence-corrected chi connectivity index (χ2v) is 4.63. The van der Waals surface area contributed by atoms with Crippen molar-refractivity contribution < 1.29 is 14.2 Å². The SMILES string of the molecule is COc1cccc(COc2ccc(C(N)=S)cc2OC)n1. The summed E-state index contributed by atoms with van der Waals surface area (Å²) in [4.78, 5) is 4.59. The highest BCUT2D eigenvalue weighted by atomic mass is 32.1. The lowest BCUT2D eigenvalue weighted by Crippen LogP contribution is -2.09. The number of rotatable bonds is 6. The third-order valence-electron chi connectivity index (χ3n) is 2.81. The second kappa shape index (κ2) is 6.90. The lowest BCUT2D eigenvalue weighted by molar-refractivity contribution is 0.278. The Labute approximate surface area is 128 Å². The molecule has 0 saturated heterocycles. The molecule has 6 heteroatoms. The first kappa shape index (κ1) is 15.1. The number of hydrogen-bond donors (Lipinski definition) is 1. The van der Waals surface area contributed by atoms with Crippen LogP contribution in [-0.4, -0.2) is 24.2 Å². The van der Waals surface area contributed by atoms with Crippen molar-refractivity contribution in [2.45, 2.75) is 6.61 Å². The normalized spacial score (nSPS) is 10.0. The first-order valence-corrected chi connectivity index (χ1v) is 6.65. The molecule has 1 aromatic heterocycles. The smallest absolute Gasteiger partial charge is 0.213 e. The maximum absolute atomic E-state index is 5.72. The molecule has 0 bridgehead atoms. The molecule has 0 aliphatic carbocycles. The van der Waals surface area contributed by atoms with Crippen LogP contribution in [0.25, 0.3) is 0 Å². The van der Waals surface area contributed by atoms with Crippen LogP contribution in [0.2, 0.25) is 0 Å². The Balaban J connectivity index is 2.13. The molecule has 0 saturated carbocycles. The molecule has 0 unspecified atom stereocenters. The van der Waals surface area contributed by atoms with E-state index in [9.17, 15) is 0 Å². The number of nitrogens with two attached hydrogens (primary N) is 1. The minimum atomic E-state index is 0.306. The molecule has 0 amide bonds. The van der Waals surface area contributed by atoms with Gasteiger partial charge in [-0.3, -0.25) is 0 Å². The molecule has 110 valence electrons. The Hall–Kier alpha value is -2.34. The molecule has 5 nitrogen and oxygen atoms in total. The van der Waals surface area contributed by atoms with Gasteiger partial charge in [0.2, 0.25) is 5.88 Å². The highest BCUT2D eigenvalue weighted by Crippen LogP contribution is 2.28. The van der Waals surface area contributed by atoms with E-state index >= 15 is 0 Å². The average molecular weight is 304 g/mol. The van der Waals surface area contributed by atoms with Crippen LogP contribution in [0.4, 0.5) is 0 Å². The first-order valence-electron chi connectivity index (χ1n) is 6.24. The van der Waals surface area contributed by atoms with E-state index in [1.54, 1.807) is 38.5 Å². The lowest BCUT2D eigenvalue weighted by atomic mass is 10.2. The van der Waals surface area contributed by atoms with E-state index in [2.05, 4.69) is 4.98 Å². The Morgan fingerprint density at radius 2 is 1.95 bits per heavy atom. The standard InChI is InChI=1S/C15H16N2O3S/c1-18-13-8-10(15(16)21)6-7-12(13)20-9-11-4-3-5-14(17-11)19-2/h3-8H,9H2,1-2H3,(H2,16,21). The van der Waals surface area contributed by atoms with Gasteiger partial charge < -0.3 is 19.9 Å². The largest absolute Gasteiger partial charge is 0.493 e. The fourth-order valence-electron chi connectivity index (χ4n) is 1.74. The molecule has 0 aliphatic heterocycles. The molecule has 0 atom stereocenters. The summed E-state index contributed by atoms with van der Waals surface area (Å²) in [5.74, 6) is 1.72. The summed E-state index contributed by atoms with van der Waals surface area (Å²) in [5, 5.41) is 0. The zero-order valence-corrected chi connectivity index (χ0v) is 12.6. The maximum Gasteiger partial charge on any atom is 0.213 e. The third kappa shape index (κ3) is 3.82. The van der Waals surface area contributed by atoms with E-state index in [0.29, 0.717) is 29.0 Å². The second-order valence-electron chi connectivity index (χ2n) is 4.19. The lowest BCUT2D eigenvalue weighted by Gasteiger charge is -2.12. The summed E-state index contributed by atoms with van der Waals surface area (Å²) in [7, 11) is 3.14. The van der Waals surface area contributed by atoms with Crippen LogP contribution >= 0.6 is 12.2 Å². The van der Waals surface area contributed by atoms with E-state index in [0.717, 1.165) is 11.3 Å². The summed E-state index contributed by atoms with van der Waals surface area (Å²) in [5.41, 5.74) is 7.08. The average Bonchev–Trinajstić information content (AvgIpc) is 2.52. The molecule has 1 heterocycles. The van der Waals surface area contributed by atoms with E-state index in [1.807, 2.05) is 12.1 Å². The van der Waals surface area contributed by atoms with Crippen molar-refractivity contribution in [1.29, 1.82) is 0 Å². The summed E-state index contributed by atoms with van der Waals surface area (Å²) in [6.45, 7) is 0.306. The van der Waals surface area contributed by atoms with E-state index in [-0.39, 0.29) is 0 Å². The fraction of sp³-hybridized carbons (Fsp3) is 0.200. The molecular weight excluding hydrogens is 288 g/mol. The molecule has 2 rings (SSSR count). The Morgan fingerprint density at radius 3 is 2.62 bits per heavy atom. The molecule has 0 aliphatic rings. The van der Waals surface area contributed by atoms with Gasteiger partial charge in [-0.05, 0) is 24.3 Å². The van der Waals surface area contributed by atoms with Crippen LogP contribution in [0, 0.1) is 0 Å². The van der Waals surface area contributed by atoms with Gasteiger partial charge in [0.1, 0.15) is 11.6 Å². The number of ether oxygens (including phenoxy) is 3. The molecule has 0 spiro atoms. The van der Waals surface area contributed by atoms with Crippen LogP contribution in [0.1, 0.15) is 11.3 Å².